The van der Waals surface area contributed by atoms with Crippen molar-refractivity contribution in [1.29, 1.82) is 0 Å². The Labute approximate surface area is 243 Å². The first-order valence-corrected chi connectivity index (χ1v) is 13.4. The summed E-state index contributed by atoms with van der Waals surface area (Å²) in [5.74, 6) is 0.165. The molecule has 15 heteroatoms. The number of hydrogen-bond donors (Lipinski definition) is 3. The van der Waals surface area contributed by atoms with Crippen LogP contribution in [0.25, 0.3) is 11.3 Å². The maximum absolute atomic E-state index is 15.1. The molecule has 0 bridgehead atoms. The summed E-state index contributed by atoms with van der Waals surface area (Å²) in [5.41, 5.74) is 2.09. The maximum Gasteiger partial charge on any atom is 0.319 e. The molecule has 2 aromatic heterocycles. The zero-order valence-electron chi connectivity index (χ0n) is 22.8. The highest BCUT2D eigenvalue weighted by atomic mass is 19.1. The van der Waals surface area contributed by atoms with Crippen molar-refractivity contribution in [3.05, 3.63) is 71.7 Å². The Kier molecular flexibility index (Phi) is 8.04. The number of urea groups is 1. The van der Waals surface area contributed by atoms with Gasteiger partial charge in [-0.05, 0) is 18.2 Å². The highest BCUT2D eigenvalue weighted by Gasteiger charge is 2.24. The topological polar surface area (TPSA) is 147 Å². The fourth-order valence-electron chi connectivity index (χ4n) is 4.84. The average Bonchev–Trinajstić information content (AvgIpc) is 3.71. The number of ether oxygens (including phenoxy) is 2. The van der Waals surface area contributed by atoms with E-state index in [1.54, 1.807) is 29.2 Å². The molecule has 0 radical (unpaired) electrons. The van der Waals surface area contributed by atoms with Crippen molar-refractivity contribution in [1.82, 2.24) is 20.5 Å². The van der Waals surface area contributed by atoms with Crippen molar-refractivity contribution in [2.24, 2.45) is 0 Å². The summed E-state index contributed by atoms with van der Waals surface area (Å²) >= 11 is 0. The molecule has 4 aromatic rings. The molecule has 43 heavy (non-hydrogen) atoms. The monoisotopic (exact) mass is 595 g/mol. The van der Waals surface area contributed by atoms with E-state index in [-0.39, 0.29) is 31.5 Å². The molecule has 224 valence electrons. The molecule has 6 rings (SSSR count). The van der Waals surface area contributed by atoms with E-state index in [0.29, 0.717) is 72.6 Å². The van der Waals surface area contributed by atoms with Crippen molar-refractivity contribution in [2.45, 2.75) is 13.2 Å². The number of aromatic nitrogens is 2. The van der Waals surface area contributed by atoms with Crippen molar-refractivity contribution in [3.8, 4) is 17.0 Å². The van der Waals surface area contributed by atoms with Gasteiger partial charge in [0.1, 0.15) is 23.6 Å². The van der Waals surface area contributed by atoms with Crippen LogP contribution in [0.4, 0.5) is 30.8 Å². The first kappa shape index (κ1) is 28.0. The van der Waals surface area contributed by atoms with Crippen LogP contribution in [-0.2, 0) is 22.7 Å². The van der Waals surface area contributed by atoms with Gasteiger partial charge >= 0.3 is 6.03 Å². The summed E-state index contributed by atoms with van der Waals surface area (Å²) in [6, 6.07) is 9.96. The second-order valence-electron chi connectivity index (χ2n) is 9.81. The van der Waals surface area contributed by atoms with Gasteiger partial charge in [0.2, 0.25) is 5.91 Å². The van der Waals surface area contributed by atoms with Crippen LogP contribution in [0.3, 0.4) is 0 Å². The third kappa shape index (κ3) is 6.51. The lowest BCUT2D eigenvalue weighted by Crippen LogP contribution is -2.51. The molecular weight excluding hydrogens is 568 g/mol. The summed E-state index contributed by atoms with van der Waals surface area (Å²) < 4.78 is 49.7. The molecule has 4 heterocycles. The van der Waals surface area contributed by atoms with Gasteiger partial charge in [-0.2, -0.15) is 0 Å². The van der Waals surface area contributed by atoms with Crippen LogP contribution in [0.2, 0.25) is 0 Å². The molecule has 1 fully saturated rings. The molecule has 2 aromatic carbocycles. The van der Waals surface area contributed by atoms with E-state index in [1.165, 1.54) is 18.4 Å². The normalized spacial score (nSPS) is 14.6. The Hall–Kier alpha value is -5.18. The van der Waals surface area contributed by atoms with Crippen LogP contribution in [0, 0.1) is 11.6 Å². The standard InChI is InChI=1S/C28H27F2N7O6/c29-19-9-18-15-40-16-41-27(18)23(11-19)33-28(39)32-14-26(38)37-6-4-36(5-7-37)24-2-1-17(10-21(24)30)22-12-20(43-34-22)13-31-25-3-8-42-35-25/h1-3,8-12H,4-7,13-16H2,(H,31,35)(H2,32,33,39). The number of carbonyl (C=O) groups is 2. The zero-order valence-corrected chi connectivity index (χ0v) is 22.8. The van der Waals surface area contributed by atoms with Gasteiger partial charge in [0.15, 0.2) is 24.1 Å². The fourth-order valence-corrected chi connectivity index (χ4v) is 4.84. The van der Waals surface area contributed by atoms with Gasteiger partial charge < -0.3 is 44.3 Å². The molecule has 0 saturated carbocycles. The summed E-state index contributed by atoms with van der Waals surface area (Å²) in [7, 11) is 0. The number of amides is 3. The molecule has 0 unspecified atom stereocenters. The second-order valence-corrected chi connectivity index (χ2v) is 9.81. The molecule has 0 aliphatic carbocycles. The number of piperazine rings is 1. The molecule has 1 saturated heterocycles. The van der Waals surface area contributed by atoms with Gasteiger partial charge in [0, 0.05) is 55.5 Å². The number of fused-ring (bicyclic) bond motifs is 1. The fraction of sp³-hybridized carbons (Fsp3) is 0.286. The summed E-state index contributed by atoms with van der Waals surface area (Å²) in [6.45, 7) is 1.73. The minimum absolute atomic E-state index is 0.0139. The van der Waals surface area contributed by atoms with Crippen LogP contribution >= 0.6 is 0 Å². The lowest BCUT2D eigenvalue weighted by atomic mass is 10.1. The molecule has 3 N–H and O–H groups in total. The molecule has 2 aliphatic rings. The van der Waals surface area contributed by atoms with Crippen LogP contribution in [0.1, 0.15) is 11.3 Å². The van der Waals surface area contributed by atoms with E-state index >= 15 is 4.39 Å². The Morgan fingerprint density at radius 2 is 1.86 bits per heavy atom. The molecule has 0 spiro atoms. The number of hydrogen-bond acceptors (Lipinski definition) is 10. The number of rotatable bonds is 8. The van der Waals surface area contributed by atoms with Crippen LogP contribution in [-0.4, -0.2) is 66.7 Å². The van der Waals surface area contributed by atoms with Crippen LogP contribution < -0.4 is 25.6 Å². The van der Waals surface area contributed by atoms with Crippen LogP contribution in [0.5, 0.6) is 5.75 Å². The Bertz CT molecular complexity index is 1610. The number of nitrogens with zero attached hydrogens (tertiary/aromatic N) is 4. The van der Waals surface area contributed by atoms with Gasteiger partial charge in [-0.1, -0.05) is 16.4 Å². The Balaban J connectivity index is 0.982. The van der Waals surface area contributed by atoms with E-state index in [0.717, 1.165) is 6.07 Å². The zero-order chi connectivity index (χ0) is 29.8. The molecule has 3 amide bonds. The third-order valence-electron chi connectivity index (χ3n) is 6.98. The number of benzene rings is 2. The number of anilines is 3. The van der Waals surface area contributed by atoms with Gasteiger partial charge in [0.05, 0.1) is 31.1 Å². The van der Waals surface area contributed by atoms with E-state index in [2.05, 4.69) is 26.3 Å². The first-order chi connectivity index (χ1) is 20.9. The van der Waals surface area contributed by atoms with Gasteiger partial charge in [-0.25, -0.2) is 13.6 Å². The predicted molar refractivity (Wildman–Crippen MR) is 148 cm³/mol. The Morgan fingerprint density at radius 3 is 2.65 bits per heavy atom. The van der Waals surface area contributed by atoms with Crippen molar-refractivity contribution >= 4 is 29.1 Å². The first-order valence-electron chi connectivity index (χ1n) is 13.4. The van der Waals surface area contributed by atoms with Crippen molar-refractivity contribution in [2.75, 3.05) is 55.1 Å². The molecule has 2 aliphatic heterocycles. The maximum atomic E-state index is 15.1. The smallest absolute Gasteiger partial charge is 0.319 e. The number of carbonyl (C=O) groups excluding carboxylic acids is 2. The minimum atomic E-state index is -0.678. The van der Waals surface area contributed by atoms with Crippen molar-refractivity contribution < 1.29 is 36.9 Å². The van der Waals surface area contributed by atoms with E-state index < -0.39 is 17.7 Å². The third-order valence-corrected chi connectivity index (χ3v) is 6.98. The van der Waals surface area contributed by atoms with E-state index in [9.17, 15) is 14.0 Å². The molecule has 13 nitrogen and oxygen atoms in total. The van der Waals surface area contributed by atoms with Crippen LogP contribution in [0.15, 0.2) is 57.8 Å². The Morgan fingerprint density at radius 1 is 1.00 bits per heavy atom. The second kappa shape index (κ2) is 12.4. The predicted octanol–water partition coefficient (Wildman–Crippen LogP) is 3.56. The van der Waals surface area contributed by atoms with Crippen molar-refractivity contribution in [3.63, 3.8) is 0 Å². The lowest BCUT2D eigenvalue weighted by molar-refractivity contribution is -0.130. The minimum Gasteiger partial charge on any atom is -0.465 e. The number of halogens is 2. The number of nitrogens with one attached hydrogen (secondary N) is 3. The SMILES string of the molecule is O=C(NCC(=O)N1CCN(c2ccc(-c3cc(CNc4ccon4)on3)cc2F)CC1)Nc1cc(F)cc2c1OCOC2. The highest BCUT2D eigenvalue weighted by molar-refractivity contribution is 5.93. The average molecular weight is 596 g/mol. The molecular formula is C28H27F2N7O6. The van der Waals surface area contributed by atoms with Gasteiger partial charge in [0.25, 0.3) is 0 Å². The lowest BCUT2D eigenvalue weighted by Gasteiger charge is -2.36. The molecule has 0 atom stereocenters. The highest BCUT2D eigenvalue weighted by Crippen LogP contribution is 2.33. The van der Waals surface area contributed by atoms with E-state index in [4.69, 9.17) is 18.5 Å². The summed E-state index contributed by atoms with van der Waals surface area (Å²) in [6.07, 6.45) is 1.45. The van der Waals surface area contributed by atoms with Gasteiger partial charge in [-0.3, -0.25) is 4.79 Å². The summed E-state index contributed by atoms with van der Waals surface area (Å²) in [5, 5.41) is 15.8. The summed E-state index contributed by atoms with van der Waals surface area (Å²) in [4.78, 5) is 28.6. The van der Waals surface area contributed by atoms with Gasteiger partial charge in [-0.15, -0.1) is 0 Å². The van der Waals surface area contributed by atoms with E-state index in [1.807, 2.05) is 4.90 Å². The quantitative estimate of drug-likeness (QED) is 0.276. The largest absolute Gasteiger partial charge is 0.465 e.